The van der Waals surface area contributed by atoms with Crippen LogP contribution in [0.25, 0.3) is 0 Å². The second-order valence-electron chi connectivity index (χ2n) is 4.20. The van der Waals surface area contributed by atoms with Gasteiger partial charge in [-0.3, -0.25) is 4.79 Å². The molecule has 0 heterocycles. The van der Waals surface area contributed by atoms with E-state index in [1.54, 1.807) is 0 Å². The first-order valence-electron chi connectivity index (χ1n) is 5.94. The van der Waals surface area contributed by atoms with Gasteiger partial charge in [0.1, 0.15) is 11.6 Å². The molecule has 0 aliphatic heterocycles. The van der Waals surface area contributed by atoms with Crippen LogP contribution in [0.2, 0.25) is 0 Å². The Bertz CT molecular complexity index is 509. The lowest BCUT2D eigenvalue weighted by Gasteiger charge is -2.04. The lowest BCUT2D eigenvalue weighted by molar-refractivity contribution is 0.101. The SMILES string of the molecule is CCCCCS(=O)(=O)CC(=O)c1ccccc1F. The van der Waals surface area contributed by atoms with Gasteiger partial charge in [0.25, 0.3) is 0 Å². The summed E-state index contributed by atoms with van der Waals surface area (Å²) in [7, 11) is -3.43. The lowest BCUT2D eigenvalue weighted by Crippen LogP contribution is -2.20. The molecule has 0 aliphatic carbocycles. The van der Waals surface area contributed by atoms with E-state index in [9.17, 15) is 17.6 Å². The van der Waals surface area contributed by atoms with Crippen molar-refractivity contribution in [1.29, 1.82) is 0 Å². The van der Waals surface area contributed by atoms with Crippen LogP contribution >= 0.6 is 0 Å². The van der Waals surface area contributed by atoms with Crippen molar-refractivity contribution < 1.29 is 17.6 Å². The van der Waals surface area contributed by atoms with E-state index in [2.05, 4.69) is 0 Å². The predicted molar refractivity (Wildman–Crippen MR) is 68.9 cm³/mol. The second kappa shape index (κ2) is 6.64. The van der Waals surface area contributed by atoms with Crippen molar-refractivity contribution in [3.63, 3.8) is 0 Å². The van der Waals surface area contributed by atoms with Gasteiger partial charge in [-0.05, 0) is 18.6 Å². The highest BCUT2D eigenvalue weighted by atomic mass is 32.2. The third kappa shape index (κ3) is 4.56. The average molecular weight is 272 g/mol. The minimum absolute atomic E-state index is 0.0129. The van der Waals surface area contributed by atoms with Gasteiger partial charge in [-0.2, -0.15) is 0 Å². The molecule has 0 fully saturated rings. The van der Waals surface area contributed by atoms with E-state index in [1.807, 2.05) is 6.92 Å². The van der Waals surface area contributed by atoms with Crippen molar-refractivity contribution >= 4 is 15.6 Å². The van der Waals surface area contributed by atoms with Crippen molar-refractivity contribution in [1.82, 2.24) is 0 Å². The summed E-state index contributed by atoms with van der Waals surface area (Å²) in [5, 5.41) is 0. The maximum Gasteiger partial charge on any atom is 0.180 e. The third-order valence-corrected chi connectivity index (χ3v) is 4.20. The van der Waals surface area contributed by atoms with Gasteiger partial charge in [-0.1, -0.05) is 31.9 Å². The Hall–Kier alpha value is -1.23. The highest BCUT2D eigenvalue weighted by Gasteiger charge is 2.19. The molecule has 0 spiro atoms. The van der Waals surface area contributed by atoms with Crippen LogP contribution in [0.4, 0.5) is 4.39 Å². The van der Waals surface area contributed by atoms with Crippen molar-refractivity contribution in [2.75, 3.05) is 11.5 Å². The fraction of sp³-hybridized carbons (Fsp3) is 0.462. The summed E-state index contributed by atoms with van der Waals surface area (Å²) >= 11 is 0. The predicted octanol–water partition coefficient (Wildman–Crippen LogP) is 2.61. The summed E-state index contributed by atoms with van der Waals surface area (Å²) in [6, 6.07) is 5.43. The summed E-state index contributed by atoms with van der Waals surface area (Å²) in [5.41, 5.74) is -0.156. The number of ketones is 1. The van der Waals surface area contributed by atoms with E-state index < -0.39 is 27.2 Å². The highest BCUT2D eigenvalue weighted by Crippen LogP contribution is 2.10. The quantitative estimate of drug-likeness (QED) is 0.566. The zero-order chi connectivity index (χ0) is 13.6. The van der Waals surface area contributed by atoms with Crippen molar-refractivity contribution in [2.24, 2.45) is 0 Å². The molecule has 100 valence electrons. The molecular weight excluding hydrogens is 255 g/mol. The molecule has 0 saturated heterocycles. The van der Waals surface area contributed by atoms with Crippen LogP contribution in [0.3, 0.4) is 0 Å². The van der Waals surface area contributed by atoms with Gasteiger partial charge >= 0.3 is 0 Å². The number of Topliss-reactive ketones (excluding diaryl/α,β-unsaturated/α-hetero) is 1. The maximum absolute atomic E-state index is 13.3. The van der Waals surface area contributed by atoms with Crippen LogP contribution in [-0.4, -0.2) is 25.7 Å². The molecule has 0 aliphatic rings. The van der Waals surface area contributed by atoms with Gasteiger partial charge in [-0.25, -0.2) is 12.8 Å². The number of rotatable bonds is 7. The standard InChI is InChI=1S/C13H17FO3S/c1-2-3-6-9-18(16,17)10-13(15)11-7-4-5-8-12(11)14/h4-5,7-8H,2-3,6,9-10H2,1H3. The molecule has 0 amide bonds. The number of hydrogen-bond acceptors (Lipinski definition) is 3. The van der Waals surface area contributed by atoms with Crippen LogP contribution in [-0.2, 0) is 9.84 Å². The van der Waals surface area contributed by atoms with Gasteiger partial charge in [0.05, 0.1) is 11.3 Å². The lowest BCUT2D eigenvalue weighted by atomic mass is 10.1. The number of benzene rings is 1. The van der Waals surface area contributed by atoms with E-state index >= 15 is 0 Å². The molecule has 5 heteroatoms. The number of hydrogen-bond donors (Lipinski definition) is 0. The number of sulfone groups is 1. The Morgan fingerprint density at radius 3 is 2.50 bits per heavy atom. The zero-order valence-corrected chi connectivity index (χ0v) is 11.2. The largest absolute Gasteiger partial charge is 0.293 e. The van der Waals surface area contributed by atoms with E-state index in [-0.39, 0.29) is 11.3 Å². The second-order valence-corrected chi connectivity index (χ2v) is 6.39. The highest BCUT2D eigenvalue weighted by molar-refractivity contribution is 7.92. The molecule has 1 rings (SSSR count). The maximum atomic E-state index is 13.3. The summed E-state index contributed by atoms with van der Waals surface area (Å²) in [4.78, 5) is 11.7. The molecule has 0 atom stereocenters. The monoisotopic (exact) mass is 272 g/mol. The van der Waals surface area contributed by atoms with Crippen molar-refractivity contribution in [3.05, 3.63) is 35.6 Å². The molecule has 0 N–H and O–H groups in total. The van der Waals surface area contributed by atoms with E-state index in [0.29, 0.717) is 6.42 Å². The van der Waals surface area contributed by atoms with Crippen LogP contribution in [0.1, 0.15) is 36.5 Å². The van der Waals surface area contributed by atoms with E-state index in [4.69, 9.17) is 0 Å². The van der Waals surface area contributed by atoms with E-state index in [1.165, 1.54) is 18.2 Å². The molecule has 0 bridgehead atoms. The molecule has 1 aromatic carbocycles. The van der Waals surface area contributed by atoms with Gasteiger partial charge in [0, 0.05) is 0 Å². The normalized spacial score (nSPS) is 11.4. The van der Waals surface area contributed by atoms with Gasteiger partial charge in [0.15, 0.2) is 15.6 Å². The summed E-state index contributed by atoms with van der Waals surface area (Å²) in [5.74, 6) is -1.98. The minimum Gasteiger partial charge on any atom is -0.293 e. The van der Waals surface area contributed by atoms with Crippen LogP contribution in [0.5, 0.6) is 0 Å². The molecule has 0 radical (unpaired) electrons. The molecule has 18 heavy (non-hydrogen) atoms. The molecule has 0 unspecified atom stereocenters. The van der Waals surface area contributed by atoms with Crippen molar-refractivity contribution in [2.45, 2.75) is 26.2 Å². The number of halogens is 1. The van der Waals surface area contributed by atoms with Crippen molar-refractivity contribution in [3.8, 4) is 0 Å². The fourth-order valence-electron chi connectivity index (χ4n) is 1.61. The Labute approximate surface area is 107 Å². The smallest absolute Gasteiger partial charge is 0.180 e. The summed E-state index contributed by atoms with van der Waals surface area (Å²) < 4.78 is 36.6. The number of carbonyl (C=O) groups excluding carboxylic acids is 1. The summed E-state index contributed by atoms with van der Waals surface area (Å²) in [6.45, 7) is 1.97. The van der Waals surface area contributed by atoms with Crippen LogP contribution < -0.4 is 0 Å². The molecular formula is C13H17FO3S. The first kappa shape index (κ1) is 14.8. The number of carbonyl (C=O) groups is 1. The molecule has 0 saturated carbocycles. The molecule has 1 aromatic rings. The zero-order valence-electron chi connectivity index (χ0n) is 10.4. The first-order chi connectivity index (χ1) is 8.46. The van der Waals surface area contributed by atoms with Gasteiger partial charge in [0.2, 0.25) is 0 Å². The molecule has 0 aromatic heterocycles. The fourth-order valence-corrected chi connectivity index (χ4v) is 2.95. The minimum atomic E-state index is -3.43. The Morgan fingerprint density at radius 1 is 1.22 bits per heavy atom. The Balaban J connectivity index is 2.68. The van der Waals surface area contributed by atoms with Gasteiger partial charge < -0.3 is 0 Å². The van der Waals surface area contributed by atoms with Crippen LogP contribution in [0.15, 0.2) is 24.3 Å². The first-order valence-corrected chi connectivity index (χ1v) is 7.76. The third-order valence-electron chi connectivity index (χ3n) is 2.58. The Kier molecular flexibility index (Phi) is 5.47. The topological polar surface area (TPSA) is 51.2 Å². The Morgan fingerprint density at radius 2 is 1.89 bits per heavy atom. The van der Waals surface area contributed by atoms with Gasteiger partial charge in [-0.15, -0.1) is 0 Å². The molecule has 3 nitrogen and oxygen atoms in total. The van der Waals surface area contributed by atoms with E-state index in [0.717, 1.165) is 18.9 Å². The number of unbranched alkanes of at least 4 members (excludes halogenated alkanes) is 2. The average Bonchev–Trinajstić information content (AvgIpc) is 2.29. The summed E-state index contributed by atoms with van der Waals surface area (Å²) in [6.07, 6.45) is 2.27. The van der Waals surface area contributed by atoms with Crippen LogP contribution in [0, 0.1) is 5.82 Å².